The van der Waals surface area contributed by atoms with Crippen LogP contribution < -0.4 is 30.7 Å². The van der Waals surface area contributed by atoms with Crippen LogP contribution >= 0.6 is 0 Å². The summed E-state index contributed by atoms with van der Waals surface area (Å²) in [6.45, 7) is 0. The van der Waals surface area contributed by atoms with Gasteiger partial charge in [-0.25, -0.2) is 21.6 Å². The van der Waals surface area contributed by atoms with Crippen molar-refractivity contribution in [3.63, 3.8) is 0 Å². The van der Waals surface area contributed by atoms with Gasteiger partial charge in [-0.1, -0.05) is 12.1 Å². The van der Waals surface area contributed by atoms with Crippen molar-refractivity contribution in [1.29, 1.82) is 0 Å². The number of fused-ring (bicyclic) bond motifs is 2. The lowest BCUT2D eigenvalue weighted by Gasteiger charge is -2.16. The summed E-state index contributed by atoms with van der Waals surface area (Å²) in [5.74, 6) is -2.83. The molecule has 0 bridgehead atoms. The molecule has 8 aromatic rings. The predicted molar refractivity (Wildman–Crippen MR) is 322 cm³/mol. The Morgan fingerprint density at radius 1 is 0.277 bits per heavy atom. The minimum absolute atomic E-state index is 0.189. The lowest BCUT2D eigenvalue weighted by molar-refractivity contribution is 0.101. The Kier molecular flexibility index (Phi) is 18.6. The number of rotatable bonds is 20. The monoisotopic (exact) mass is 1500 g/mol. The Balaban J connectivity index is 1.00. The number of hydrogen-bond acceptors (Lipinski definition) is 23. The molecule has 0 aliphatic carbocycles. The van der Waals surface area contributed by atoms with E-state index in [0.29, 0.717) is 72.8 Å². The number of hydrogen-bond donors (Lipinski definition) is 14. The maximum Gasteiger partial charge on any atom is 0.323 e. The van der Waals surface area contributed by atoms with Crippen molar-refractivity contribution in [3.8, 4) is 0 Å². The molecular formula is C47H36N6O31S10. The molecule has 0 aliphatic heterocycles. The molecule has 0 heterocycles. The lowest BCUT2D eigenvalue weighted by Crippen LogP contribution is -2.22. The van der Waals surface area contributed by atoms with Gasteiger partial charge >= 0.3 is 6.03 Å². The third-order valence-corrected chi connectivity index (χ3v) is 22.1. The number of carbonyl (C=O) groups is 3. The Morgan fingerprint density at radius 2 is 0.564 bits per heavy atom. The Bertz CT molecular complexity index is 5520. The van der Waals surface area contributed by atoms with Crippen LogP contribution in [0.3, 0.4) is 0 Å². The zero-order chi connectivity index (χ0) is 70.2. The number of benzene rings is 8. The van der Waals surface area contributed by atoms with Gasteiger partial charge in [-0.3, -0.25) is 55.5 Å². The third kappa shape index (κ3) is 16.1. The summed E-state index contributed by atoms with van der Waals surface area (Å²) in [5, 5.41) is 5.03. The topological polar surface area (TPSA) is 627 Å². The van der Waals surface area contributed by atoms with E-state index in [-0.39, 0.29) is 12.1 Å². The summed E-state index contributed by atoms with van der Waals surface area (Å²) in [7, 11) is -53.6. The Hall–Kier alpha value is -8.73. The molecular weight excluding hydrogens is 1470 g/mol. The second-order valence-corrected chi connectivity index (χ2v) is 33.6. The van der Waals surface area contributed by atoms with Gasteiger partial charge in [0.2, 0.25) is 0 Å². The Labute approximate surface area is 530 Å². The average molecular weight is 1500 g/mol. The fraction of sp³-hybridized carbons (Fsp3) is 0. The predicted octanol–water partition coefficient (Wildman–Crippen LogP) is 3.72. The van der Waals surface area contributed by atoms with Crippen molar-refractivity contribution in [3.05, 3.63) is 145 Å². The maximum atomic E-state index is 13.8. The molecule has 14 N–H and O–H groups in total. The maximum absolute atomic E-state index is 13.8. The normalized spacial score (nSPS) is 13.0. The average Bonchev–Trinajstić information content (AvgIpc) is 0.754. The highest BCUT2D eigenvalue weighted by molar-refractivity contribution is 7.93. The molecule has 0 aromatic heterocycles. The van der Waals surface area contributed by atoms with Crippen LogP contribution in [0.1, 0.15) is 20.7 Å². The molecule has 8 rings (SSSR count). The van der Waals surface area contributed by atoms with Gasteiger partial charge in [-0.2, -0.15) is 67.3 Å². The van der Waals surface area contributed by atoms with E-state index in [4.69, 9.17) is 0 Å². The van der Waals surface area contributed by atoms with Crippen LogP contribution in [0.2, 0.25) is 0 Å². The fourth-order valence-electron chi connectivity index (χ4n) is 8.59. The highest BCUT2D eigenvalue weighted by Gasteiger charge is 2.31. The van der Waals surface area contributed by atoms with Gasteiger partial charge in [-0.05, 0) is 132 Å². The summed E-state index contributed by atoms with van der Waals surface area (Å²) in [6.07, 6.45) is 0. The fourth-order valence-corrected chi connectivity index (χ4v) is 16.1. The van der Waals surface area contributed by atoms with E-state index in [0.717, 1.165) is 48.5 Å². The zero-order valence-corrected chi connectivity index (χ0v) is 53.4. The standard InChI is InChI=1S/C47H36N6O31S10/c54-45(48-25-3-1-5-29(15-25)85(57,58)52-37-19-31(87(61,62)63)11-23-13-33(89(67,68)69)21-41(43(23)37)93(79,80)81)35-9-7-27(17-39(35)91(73,74)75)50-47(56)51-28-8-10-36(40(18-28)92(76,77)78)46(55)49-26-4-2-6-30(16-26)86(59,60)53-38-20-32(88(64,65)66)12-24-14-34(90(70,71)72)22-42(44(24)38)94(82,83)84/h1-22,52-53H,(H,48,54)(H,49,55)(H2,50,51,56)(H,61,62,63)(H,64,65,66)(H,67,68,69)(H,70,71,72)(H,73,74,75)(H,76,77,78)(H,79,80,81)(H,82,83,84). The van der Waals surface area contributed by atoms with Gasteiger partial charge in [0, 0.05) is 33.5 Å². The smallest absolute Gasteiger partial charge is 0.322 e. The van der Waals surface area contributed by atoms with Gasteiger partial charge in [0.25, 0.3) is 113 Å². The van der Waals surface area contributed by atoms with Crippen LogP contribution in [-0.4, -0.2) is 138 Å². The van der Waals surface area contributed by atoms with E-state index >= 15 is 0 Å². The van der Waals surface area contributed by atoms with Crippen molar-refractivity contribution in [2.45, 2.75) is 49.0 Å². The van der Waals surface area contributed by atoms with Gasteiger partial charge in [0.1, 0.15) is 19.6 Å². The van der Waals surface area contributed by atoms with Gasteiger partial charge in [-0.15, -0.1) is 0 Å². The highest BCUT2D eigenvalue weighted by Crippen LogP contribution is 2.39. The van der Waals surface area contributed by atoms with Crippen molar-refractivity contribution in [2.75, 3.05) is 30.7 Å². The number of nitrogens with one attached hydrogen (secondary N) is 6. The molecule has 0 aliphatic rings. The van der Waals surface area contributed by atoms with E-state index in [1.165, 1.54) is 0 Å². The second kappa shape index (κ2) is 24.6. The molecule has 0 unspecified atom stereocenters. The van der Waals surface area contributed by atoms with E-state index in [1.54, 1.807) is 0 Å². The van der Waals surface area contributed by atoms with Crippen LogP contribution in [0, 0.1) is 0 Å². The molecule has 37 nitrogen and oxygen atoms in total. The van der Waals surface area contributed by atoms with Gasteiger partial charge in [0.05, 0.1) is 51.9 Å². The van der Waals surface area contributed by atoms with Crippen LogP contribution in [0.15, 0.2) is 182 Å². The SMILES string of the molecule is O=C(Nc1ccc(C(=O)Nc2cccc(S(=O)(=O)Nc3cc(S(=O)(=O)O)cc4cc(S(=O)(=O)O)cc(S(=O)(=O)O)c34)c2)c(S(=O)(=O)O)c1)Nc1ccc(C(=O)Nc2cccc(S(=O)(=O)Nc3cc(S(=O)(=O)O)cc4cc(S(=O)(=O)O)cc(S(=O)(=O)O)c34)c2)c(S(=O)(=O)O)c1. The summed E-state index contributed by atoms with van der Waals surface area (Å²) in [5.41, 5.74) is -5.94. The number of carbonyl (C=O) groups excluding carboxylic acids is 3. The molecule has 0 saturated heterocycles. The minimum Gasteiger partial charge on any atom is -0.322 e. The Morgan fingerprint density at radius 3 is 0.851 bits per heavy atom. The molecule has 4 amide bonds. The first-order valence-electron chi connectivity index (χ1n) is 24.1. The molecule has 0 saturated carbocycles. The molecule has 0 radical (unpaired) electrons. The summed E-state index contributed by atoms with van der Waals surface area (Å²) in [6, 6.07) is 12.8. The largest absolute Gasteiger partial charge is 0.323 e. The number of amides is 4. The van der Waals surface area contributed by atoms with Crippen LogP contribution in [0.5, 0.6) is 0 Å². The van der Waals surface area contributed by atoms with Crippen LogP contribution in [0.25, 0.3) is 21.5 Å². The number of sulfonamides is 2. The second-order valence-electron chi connectivity index (χ2n) is 19.0. The minimum atomic E-state index is -5.56. The zero-order valence-electron chi connectivity index (χ0n) is 45.3. The first-order valence-corrected chi connectivity index (χ1v) is 38.6. The van der Waals surface area contributed by atoms with Crippen LogP contribution in [0.4, 0.5) is 38.9 Å². The van der Waals surface area contributed by atoms with E-state index in [9.17, 15) is 135 Å². The molecule has 0 spiro atoms. The number of anilines is 6. The summed E-state index contributed by atoms with van der Waals surface area (Å²) in [4.78, 5) is 28.6. The summed E-state index contributed by atoms with van der Waals surface area (Å²) < 4.78 is 335. The van der Waals surface area contributed by atoms with Crippen molar-refractivity contribution in [1.82, 2.24) is 0 Å². The van der Waals surface area contributed by atoms with E-state index in [2.05, 4.69) is 21.3 Å². The number of urea groups is 1. The lowest BCUT2D eigenvalue weighted by atomic mass is 10.1. The highest BCUT2D eigenvalue weighted by atomic mass is 32.3. The van der Waals surface area contributed by atoms with Crippen molar-refractivity contribution >= 4 is 175 Å². The van der Waals surface area contributed by atoms with Gasteiger partial charge in [0.15, 0.2) is 0 Å². The first-order chi connectivity index (χ1) is 42.8. The molecule has 47 heteroatoms. The third-order valence-electron chi connectivity index (χ3n) is 12.5. The quantitative estimate of drug-likeness (QED) is 0.0483. The molecule has 0 fully saturated rings. The van der Waals surface area contributed by atoms with Crippen molar-refractivity contribution < 1.29 is 135 Å². The molecule has 0 atom stereocenters. The van der Waals surface area contributed by atoms with E-state index in [1.807, 2.05) is 9.44 Å². The molecule has 8 aromatic carbocycles. The molecule has 94 heavy (non-hydrogen) atoms. The van der Waals surface area contributed by atoms with E-state index < -0.39 is 235 Å². The van der Waals surface area contributed by atoms with Crippen molar-refractivity contribution in [2.24, 2.45) is 0 Å². The molecule has 500 valence electrons. The first kappa shape index (κ1) is 71.1. The van der Waals surface area contributed by atoms with Gasteiger partial charge < -0.3 is 21.3 Å². The summed E-state index contributed by atoms with van der Waals surface area (Å²) >= 11 is 0. The van der Waals surface area contributed by atoms with Crippen LogP contribution in [-0.2, 0) is 101 Å².